The van der Waals surface area contributed by atoms with E-state index in [1.54, 1.807) is 14.2 Å². The summed E-state index contributed by atoms with van der Waals surface area (Å²) in [6.45, 7) is 1.77. The molecule has 0 atom stereocenters. The quantitative estimate of drug-likeness (QED) is 0.834. The van der Waals surface area contributed by atoms with Gasteiger partial charge in [0.15, 0.2) is 0 Å². The van der Waals surface area contributed by atoms with Crippen molar-refractivity contribution < 1.29 is 14.3 Å². The molecule has 1 aliphatic rings. The first-order valence-corrected chi connectivity index (χ1v) is 6.66. The number of hydrogen-bond donors (Lipinski definition) is 0. The molecule has 2 rings (SSSR count). The third-order valence-corrected chi connectivity index (χ3v) is 3.69. The van der Waals surface area contributed by atoms with E-state index in [1.165, 1.54) is 5.56 Å². The first-order chi connectivity index (χ1) is 9.26. The highest BCUT2D eigenvalue weighted by Gasteiger charge is 2.25. The van der Waals surface area contributed by atoms with Gasteiger partial charge in [-0.25, -0.2) is 0 Å². The second-order valence-corrected chi connectivity index (χ2v) is 4.83. The maximum absolute atomic E-state index is 11.7. The highest BCUT2D eigenvalue weighted by atomic mass is 16.5. The summed E-state index contributed by atoms with van der Waals surface area (Å²) in [6.07, 6.45) is 1.96. The molecule has 0 saturated carbocycles. The van der Waals surface area contributed by atoms with E-state index in [1.807, 2.05) is 23.1 Å². The molecule has 1 heterocycles. The van der Waals surface area contributed by atoms with Crippen LogP contribution in [0.4, 0.5) is 0 Å². The number of carbonyl (C=O) groups excluding carboxylic acids is 1. The molecule has 4 heteroatoms. The number of benzene rings is 1. The van der Waals surface area contributed by atoms with Gasteiger partial charge in [-0.3, -0.25) is 4.79 Å². The SMILES string of the molecule is COCC(=O)N1CCC(c2ccccc2OC)CC1. The second kappa shape index (κ2) is 6.57. The molecule has 0 N–H and O–H groups in total. The van der Waals surface area contributed by atoms with E-state index in [0.29, 0.717) is 5.92 Å². The Bertz CT molecular complexity index is 425. The molecule has 0 aliphatic carbocycles. The van der Waals surface area contributed by atoms with Crippen molar-refractivity contribution in [3.8, 4) is 5.75 Å². The molecule has 19 heavy (non-hydrogen) atoms. The van der Waals surface area contributed by atoms with Crippen molar-refractivity contribution in [3.63, 3.8) is 0 Å². The van der Waals surface area contributed by atoms with Crippen LogP contribution in [0.5, 0.6) is 5.75 Å². The second-order valence-electron chi connectivity index (χ2n) is 4.83. The lowest BCUT2D eigenvalue weighted by atomic mass is 9.89. The molecule has 0 spiro atoms. The molecule has 1 aliphatic heterocycles. The number of likely N-dealkylation sites (tertiary alicyclic amines) is 1. The van der Waals surface area contributed by atoms with Gasteiger partial charge in [0, 0.05) is 20.2 Å². The predicted molar refractivity (Wildman–Crippen MR) is 73.4 cm³/mol. The Hall–Kier alpha value is -1.55. The van der Waals surface area contributed by atoms with Crippen LogP contribution < -0.4 is 4.74 Å². The highest BCUT2D eigenvalue weighted by molar-refractivity contribution is 5.77. The highest BCUT2D eigenvalue weighted by Crippen LogP contribution is 2.33. The molecule has 0 bridgehead atoms. The zero-order chi connectivity index (χ0) is 13.7. The van der Waals surface area contributed by atoms with Crippen LogP contribution in [0.25, 0.3) is 0 Å². The average molecular weight is 263 g/mol. The van der Waals surface area contributed by atoms with E-state index in [-0.39, 0.29) is 12.5 Å². The van der Waals surface area contributed by atoms with Crippen LogP contribution in [0, 0.1) is 0 Å². The van der Waals surface area contributed by atoms with Gasteiger partial charge < -0.3 is 14.4 Å². The van der Waals surface area contributed by atoms with Crippen molar-refractivity contribution in [2.24, 2.45) is 0 Å². The van der Waals surface area contributed by atoms with Crippen LogP contribution in [0.15, 0.2) is 24.3 Å². The van der Waals surface area contributed by atoms with Gasteiger partial charge in [0.1, 0.15) is 12.4 Å². The Balaban J connectivity index is 1.98. The van der Waals surface area contributed by atoms with Crippen molar-refractivity contribution in [2.75, 3.05) is 33.9 Å². The lowest BCUT2D eigenvalue weighted by molar-refractivity contribution is -0.136. The molecule has 0 unspecified atom stereocenters. The third-order valence-electron chi connectivity index (χ3n) is 3.69. The molecular weight excluding hydrogens is 242 g/mol. The lowest BCUT2D eigenvalue weighted by Crippen LogP contribution is -2.39. The van der Waals surface area contributed by atoms with E-state index in [9.17, 15) is 4.79 Å². The maximum Gasteiger partial charge on any atom is 0.248 e. The number of ether oxygens (including phenoxy) is 2. The van der Waals surface area contributed by atoms with Gasteiger partial charge >= 0.3 is 0 Å². The summed E-state index contributed by atoms with van der Waals surface area (Å²) in [7, 11) is 3.26. The molecule has 0 aromatic heterocycles. The van der Waals surface area contributed by atoms with Crippen LogP contribution >= 0.6 is 0 Å². The number of hydrogen-bond acceptors (Lipinski definition) is 3. The minimum Gasteiger partial charge on any atom is -0.496 e. The zero-order valence-electron chi connectivity index (χ0n) is 11.6. The van der Waals surface area contributed by atoms with E-state index in [2.05, 4.69) is 6.07 Å². The smallest absolute Gasteiger partial charge is 0.248 e. The molecular formula is C15H21NO3. The lowest BCUT2D eigenvalue weighted by Gasteiger charge is -2.32. The fourth-order valence-electron chi connectivity index (χ4n) is 2.66. The van der Waals surface area contributed by atoms with Crippen LogP contribution in [0.3, 0.4) is 0 Å². The topological polar surface area (TPSA) is 38.8 Å². The Kier molecular flexibility index (Phi) is 4.80. The van der Waals surface area contributed by atoms with Crippen LogP contribution in [0.2, 0.25) is 0 Å². The Morgan fingerprint density at radius 2 is 1.95 bits per heavy atom. The number of piperidine rings is 1. The van der Waals surface area contributed by atoms with Crippen molar-refractivity contribution in [1.29, 1.82) is 0 Å². The first kappa shape index (κ1) is 13.9. The summed E-state index contributed by atoms with van der Waals surface area (Å²) in [5.41, 5.74) is 1.25. The minimum atomic E-state index is 0.0842. The summed E-state index contributed by atoms with van der Waals surface area (Å²) in [5, 5.41) is 0. The third kappa shape index (κ3) is 3.26. The summed E-state index contributed by atoms with van der Waals surface area (Å²) in [5.74, 6) is 1.51. The summed E-state index contributed by atoms with van der Waals surface area (Å²) < 4.78 is 10.3. The van der Waals surface area contributed by atoms with Gasteiger partial charge in [0.25, 0.3) is 0 Å². The largest absolute Gasteiger partial charge is 0.496 e. The number of nitrogens with zero attached hydrogens (tertiary/aromatic N) is 1. The van der Waals surface area contributed by atoms with Crippen LogP contribution in [0.1, 0.15) is 24.3 Å². The van der Waals surface area contributed by atoms with Gasteiger partial charge in [-0.1, -0.05) is 18.2 Å². The Labute approximate surface area is 114 Å². The summed E-state index contributed by atoms with van der Waals surface area (Å²) >= 11 is 0. The zero-order valence-corrected chi connectivity index (χ0v) is 11.6. The van der Waals surface area contributed by atoms with Crippen LogP contribution in [-0.4, -0.2) is 44.7 Å². The number of carbonyl (C=O) groups is 1. The molecule has 4 nitrogen and oxygen atoms in total. The van der Waals surface area contributed by atoms with E-state index < -0.39 is 0 Å². The van der Waals surface area contributed by atoms with Crippen molar-refractivity contribution >= 4 is 5.91 Å². The molecule has 0 radical (unpaired) electrons. The monoisotopic (exact) mass is 263 g/mol. The van der Waals surface area contributed by atoms with Crippen molar-refractivity contribution in [3.05, 3.63) is 29.8 Å². The number of para-hydroxylation sites is 1. The average Bonchev–Trinajstić information content (AvgIpc) is 2.47. The fourth-order valence-corrected chi connectivity index (χ4v) is 2.66. The Morgan fingerprint density at radius 1 is 1.26 bits per heavy atom. The predicted octanol–water partition coefficient (Wildman–Crippen LogP) is 2.05. The molecule has 1 aromatic carbocycles. The maximum atomic E-state index is 11.7. The van der Waals surface area contributed by atoms with Gasteiger partial charge in [0.05, 0.1) is 7.11 Å². The molecule has 1 saturated heterocycles. The van der Waals surface area contributed by atoms with E-state index in [0.717, 1.165) is 31.7 Å². The number of amides is 1. The summed E-state index contributed by atoms with van der Waals surface area (Å²) in [6, 6.07) is 8.15. The van der Waals surface area contributed by atoms with Crippen LogP contribution in [-0.2, 0) is 9.53 Å². The molecule has 104 valence electrons. The van der Waals surface area contributed by atoms with Crippen molar-refractivity contribution in [2.45, 2.75) is 18.8 Å². The molecule has 1 aromatic rings. The molecule has 1 fully saturated rings. The van der Waals surface area contributed by atoms with Gasteiger partial charge in [-0.15, -0.1) is 0 Å². The van der Waals surface area contributed by atoms with Gasteiger partial charge in [-0.2, -0.15) is 0 Å². The fraction of sp³-hybridized carbons (Fsp3) is 0.533. The Morgan fingerprint density at radius 3 is 2.58 bits per heavy atom. The summed E-state index contributed by atoms with van der Waals surface area (Å²) in [4.78, 5) is 13.6. The normalized spacial score (nSPS) is 16.4. The molecule has 1 amide bonds. The van der Waals surface area contributed by atoms with Gasteiger partial charge in [-0.05, 0) is 30.4 Å². The van der Waals surface area contributed by atoms with Crippen molar-refractivity contribution in [1.82, 2.24) is 4.90 Å². The number of methoxy groups -OCH3 is 2. The minimum absolute atomic E-state index is 0.0842. The first-order valence-electron chi connectivity index (χ1n) is 6.66. The van der Waals surface area contributed by atoms with E-state index in [4.69, 9.17) is 9.47 Å². The number of rotatable bonds is 4. The van der Waals surface area contributed by atoms with Gasteiger partial charge in [0.2, 0.25) is 5.91 Å². The van der Waals surface area contributed by atoms with E-state index >= 15 is 0 Å². The standard InChI is InChI=1S/C15H21NO3/c1-18-11-15(17)16-9-7-12(8-10-16)13-5-3-4-6-14(13)19-2/h3-6,12H,7-11H2,1-2H3.